The first-order valence-corrected chi connectivity index (χ1v) is 7.01. The highest BCUT2D eigenvalue weighted by atomic mass is 19.1. The molecule has 1 heterocycles. The highest BCUT2D eigenvalue weighted by Gasteiger charge is 2.12. The number of non-ortho nitro benzene ring substituents is 1. The molecule has 0 bridgehead atoms. The lowest BCUT2D eigenvalue weighted by molar-refractivity contribution is -0.384. The zero-order valence-corrected chi connectivity index (χ0v) is 12.6. The molecule has 0 spiro atoms. The predicted octanol–water partition coefficient (Wildman–Crippen LogP) is 1.80. The highest BCUT2D eigenvalue weighted by molar-refractivity contribution is 5.77. The van der Waals surface area contributed by atoms with Crippen molar-refractivity contribution < 1.29 is 9.31 Å². The summed E-state index contributed by atoms with van der Waals surface area (Å²) in [4.78, 5) is 35.0. The van der Waals surface area contributed by atoms with Crippen LogP contribution in [0, 0.1) is 15.9 Å². The number of aryl methyl sites for hydroxylation is 1. The van der Waals surface area contributed by atoms with Gasteiger partial charge in [-0.2, -0.15) is 0 Å². The molecule has 0 atom stereocenters. The maximum absolute atomic E-state index is 13.4. The van der Waals surface area contributed by atoms with Crippen LogP contribution >= 0.6 is 0 Å². The van der Waals surface area contributed by atoms with Crippen LogP contribution in [0.4, 0.5) is 10.1 Å². The lowest BCUT2D eigenvalue weighted by Gasteiger charge is -2.10. The van der Waals surface area contributed by atoms with Gasteiger partial charge in [-0.3, -0.25) is 24.0 Å². The summed E-state index contributed by atoms with van der Waals surface area (Å²) in [7, 11) is 1.45. The Labute approximate surface area is 134 Å². The number of rotatable bonds is 3. The fourth-order valence-electron chi connectivity index (χ4n) is 2.52. The number of hydrogen-bond donors (Lipinski definition) is 0. The van der Waals surface area contributed by atoms with Gasteiger partial charge in [-0.1, -0.05) is 12.1 Å². The van der Waals surface area contributed by atoms with E-state index in [0.717, 1.165) is 16.7 Å². The number of aromatic nitrogens is 2. The summed E-state index contributed by atoms with van der Waals surface area (Å²) in [6.07, 6.45) is 0. The molecule has 0 N–H and O–H groups in total. The van der Waals surface area contributed by atoms with E-state index >= 15 is 0 Å². The van der Waals surface area contributed by atoms with Gasteiger partial charge in [0.05, 0.1) is 22.4 Å². The number of hydrogen-bond acceptors (Lipinski definition) is 4. The van der Waals surface area contributed by atoms with E-state index in [2.05, 4.69) is 0 Å². The van der Waals surface area contributed by atoms with Crippen molar-refractivity contribution in [2.24, 2.45) is 7.05 Å². The van der Waals surface area contributed by atoms with Crippen molar-refractivity contribution in [2.45, 2.75) is 6.54 Å². The van der Waals surface area contributed by atoms with E-state index in [4.69, 9.17) is 0 Å². The Kier molecular flexibility index (Phi) is 3.72. The van der Waals surface area contributed by atoms with E-state index in [0.29, 0.717) is 5.56 Å². The summed E-state index contributed by atoms with van der Waals surface area (Å²) in [5.41, 5.74) is -0.415. The van der Waals surface area contributed by atoms with Crippen LogP contribution < -0.4 is 11.2 Å². The second kappa shape index (κ2) is 5.73. The third-order valence-corrected chi connectivity index (χ3v) is 3.80. The van der Waals surface area contributed by atoms with Gasteiger partial charge in [-0.25, -0.2) is 9.18 Å². The summed E-state index contributed by atoms with van der Waals surface area (Å²) < 4.78 is 15.6. The molecule has 0 aliphatic rings. The van der Waals surface area contributed by atoms with Crippen LogP contribution in [0.3, 0.4) is 0 Å². The van der Waals surface area contributed by atoms with Gasteiger partial charge in [0.25, 0.3) is 11.2 Å². The van der Waals surface area contributed by atoms with Crippen molar-refractivity contribution in [1.82, 2.24) is 9.13 Å². The minimum Gasteiger partial charge on any atom is -0.296 e. The Hall–Kier alpha value is -3.29. The predicted molar refractivity (Wildman–Crippen MR) is 85.6 cm³/mol. The van der Waals surface area contributed by atoms with Gasteiger partial charge < -0.3 is 0 Å². The number of benzene rings is 2. The van der Waals surface area contributed by atoms with Crippen LogP contribution in [0.5, 0.6) is 0 Å². The van der Waals surface area contributed by atoms with E-state index in [9.17, 15) is 24.1 Å². The van der Waals surface area contributed by atoms with Crippen molar-refractivity contribution in [2.75, 3.05) is 0 Å². The first kappa shape index (κ1) is 15.6. The van der Waals surface area contributed by atoms with Crippen LogP contribution in [0.1, 0.15) is 5.56 Å². The molecule has 0 aliphatic carbocycles. The van der Waals surface area contributed by atoms with Gasteiger partial charge in [0, 0.05) is 19.2 Å². The molecular weight excluding hydrogens is 317 g/mol. The third kappa shape index (κ3) is 2.58. The SMILES string of the molecule is Cn1c(=O)n(Cc2ccc([N+](=O)[O-])cc2)c(=O)c2ccc(F)cc21. The fourth-order valence-corrected chi connectivity index (χ4v) is 2.52. The van der Waals surface area contributed by atoms with E-state index in [-0.39, 0.29) is 23.1 Å². The van der Waals surface area contributed by atoms with E-state index in [1.807, 2.05) is 0 Å². The van der Waals surface area contributed by atoms with Crippen LogP contribution in [0.25, 0.3) is 10.9 Å². The molecule has 0 saturated carbocycles. The maximum Gasteiger partial charge on any atom is 0.331 e. The number of halogens is 1. The summed E-state index contributed by atoms with van der Waals surface area (Å²) in [5.74, 6) is -0.537. The van der Waals surface area contributed by atoms with Gasteiger partial charge in [0.2, 0.25) is 0 Å². The van der Waals surface area contributed by atoms with Gasteiger partial charge in [0.15, 0.2) is 0 Å². The zero-order chi connectivity index (χ0) is 17.4. The number of nitro benzene ring substituents is 1. The highest BCUT2D eigenvalue weighted by Crippen LogP contribution is 2.13. The molecule has 0 radical (unpaired) electrons. The summed E-state index contributed by atoms with van der Waals surface area (Å²) >= 11 is 0. The molecule has 0 unspecified atom stereocenters. The van der Waals surface area contributed by atoms with E-state index in [1.54, 1.807) is 0 Å². The zero-order valence-electron chi connectivity index (χ0n) is 12.6. The quantitative estimate of drug-likeness (QED) is 0.541. The molecule has 0 fully saturated rings. The molecule has 3 aromatic rings. The van der Waals surface area contributed by atoms with Crippen LogP contribution in [-0.2, 0) is 13.6 Å². The van der Waals surface area contributed by atoms with Gasteiger partial charge in [-0.15, -0.1) is 0 Å². The Bertz CT molecular complexity index is 1070. The van der Waals surface area contributed by atoms with Crippen molar-refractivity contribution in [3.63, 3.8) is 0 Å². The minimum atomic E-state index is -0.587. The molecule has 7 nitrogen and oxygen atoms in total. The average molecular weight is 329 g/mol. The van der Waals surface area contributed by atoms with Crippen LogP contribution in [0.15, 0.2) is 52.1 Å². The standard InChI is InChI=1S/C16H12FN3O4/c1-18-14-8-11(17)4-7-13(14)15(21)19(16(18)22)9-10-2-5-12(6-3-10)20(23)24/h2-8H,9H2,1H3. The largest absolute Gasteiger partial charge is 0.331 e. The van der Waals surface area contributed by atoms with Crippen LogP contribution in [0.2, 0.25) is 0 Å². The van der Waals surface area contributed by atoms with Gasteiger partial charge in [-0.05, 0) is 23.8 Å². The summed E-state index contributed by atoms with van der Waals surface area (Å²) in [6, 6.07) is 9.21. The summed E-state index contributed by atoms with van der Waals surface area (Å²) in [5, 5.41) is 10.9. The molecular formula is C16H12FN3O4. The lowest BCUT2D eigenvalue weighted by Crippen LogP contribution is -2.39. The summed E-state index contributed by atoms with van der Waals surface area (Å²) in [6.45, 7) is -0.0309. The Morgan fingerprint density at radius 1 is 1.12 bits per heavy atom. The Morgan fingerprint density at radius 3 is 2.42 bits per heavy atom. The van der Waals surface area contributed by atoms with E-state index in [1.165, 1.54) is 41.9 Å². The van der Waals surface area contributed by atoms with Crippen molar-refractivity contribution in [3.8, 4) is 0 Å². The number of fused-ring (bicyclic) bond motifs is 1. The smallest absolute Gasteiger partial charge is 0.296 e. The molecule has 0 amide bonds. The molecule has 2 aromatic carbocycles. The fraction of sp³-hybridized carbons (Fsp3) is 0.125. The second-order valence-corrected chi connectivity index (χ2v) is 5.32. The molecule has 122 valence electrons. The van der Waals surface area contributed by atoms with E-state index < -0.39 is 22.0 Å². The maximum atomic E-state index is 13.4. The third-order valence-electron chi connectivity index (χ3n) is 3.80. The first-order valence-electron chi connectivity index (χ1n) is 7.01. The topological polar surface area (TPSA) is 87.1 Å². The van der Waals surface area contributed by atoms with Crippen molar-refractivity contribution in [3.05, 3.63) is 84.8 Å². The molecule has 0 aliphatic heterocycles. The Morgan fingerprint density at radius 2 is 1.79 bits per heavy atom. The molecule has 0 saturated heterocycles. The van der Waals surface area contributed by atoms with Crippen molar-refractivity contribution in [1.29, 1.82) is 0 Å². The number of nitro groups is 1. The first-order chi connectivity index (χ1) is 11.4. The minimum absolute atomic E-state index is 0.0309. The average Bonchev–Trinajstić information content (AvgIpc) is 2.57. The second-order valence-electron chi connectivity index (χ2n) is 5.32. The van der Waals surface area contributed by atoms with Gasteiger partial charge in [0.1, 0.15) is 5.82 Å². The molecule has 3 rings (SSSR count). The molecule has 1 aromatic heterocycles. The lowest BCUT2D eigenvalue weighted by atomic mass is 10.2. The monoisotopic (exact) mass is 329 g/mol. The molecule has 8 heteroatoms. The molecule has 24 heavy (non-hydrogen) atoms. The van der Waals surface area contributed by atoms with Gasteiger partial charge >= 0.3 is 5.69 Å². The normalized spacial score (nSPS) is 10.9. The van der Waals surface area contributed by atoms with Crippen LogP contribution in [-0.4, -0.2) is 14.1 Å². The Balaban J connectivity index is 2.13. The number of nitrogens with zero attached hydrogens (tertiary/aromatic N) is 3. The van der Waals surface area contributed by atoms with Crippen molar-refractivity contribution >= 4 is 16.6 Å².